The second kappa shape index (κ2) is 6.09. The van der Waals surface area contributed by atoms with Crippen LogP contribution in [0.15, 0.2) is 18.2 Å². The number of likely N-dealkylation sites (tertiary alicyclic amines) is 1. The van der Waals surface area contributed by atoms with Crippen LogP contribution in [0, 0.1) is 11.7 Å². The second-order valence-electron chi connectivity index (χ2n) is 4.74. The van der Waals surface area contributed by atoms with Gasteiger partial charge in [-0.15, -0.1) is 0 Å². The normalized spacial score (nSPS) is 18.1. The van der Waals surface area contributed by atoms with Crippen molar-refractivity contribution in [2.75, 3.05) is 13.1 Å². The minimum Gasteiger partial charge on any atom is -0.369 e. The Morgan fingerprint density at radius 1 is 1.50 bits per heavy atom. The summed E-state index contributed by atoms with van der Waals surface area (Å²) in [4.78, 5) is 24.5. The molecule has 108 valence electrons. The van der Waals surface area contributed by atoms with Crippen molar-refractivity contribution >= 4 is 23.5 Å². The average molecular weight is 300 g/mol. The summed E-state index contributed by atoms with van der Waals surface area (Å²) in [7, 11) is 0. The zero-order valence-corrected chi connectivity index (χ0v) is 11.5. The molecule has 20 heavy (non-hydrogen) atoms. The van der Waals surface area contributed by atoms with E-state index in [9.17, 15) is 14.0 Å². The van der Waals surface area contributed by atoms with Crippen LogP contribution in [-0.4, -0.2) is 29.9 Å². The summed E-state index contributed by atoms with van der Waals surface area (Å²) in [6.45, 7) is 1.09. The fourth-order valence-corrected chi connectivity index (χ4v) is 2.32. The molecule has 1 atom stereocenters. The molecule has 1 aromatic rings. The van der Waals surface area contributed by atoms with Crippen molar-refractivity contribution in [3.8, 4) is 0 Å². The van der Waals surface area contributed by atoms with Crippen LogP contribution >= 0.6 is 11.6 Å². The van der Waals surface area contributed by atoms with E-state index >= 15 is 0 Å². The number of hydrogen-bond donors (Lipinski definition) is 2. The molecular formula is C13H15ClFN3O2. The van der Waals surface area contributed by atoms with Crippen LogP contribution < -0.4 is 11.1 Å². The van der Waals surface area contributed by atoms with E-state index in [1.165, 1.54) is 12.1 Å². The Hall–Kier alpha value is -1.82. The topological polar surface area (TPSA) is 75.4 Å². The summed E-state index contributed by atoms with van der Waals surface area (Å²) in [5.41, 5.74) is 5.91. The summed E-state index contributed by atoms with van der Waals surface area (Å²) in [5.74, 6) is -1.16. The molecule has 1 saturated heterocycles. The quantitative estimate of drug-likeness (QED) is 0.887. The summed E-state index contributed by atoms with van der Waals surface area (Å²) in [5, 5.41) is 2.72. The van der Waals surface area contributed by atoms with Gasteiger partial charge in [-0.1, -0.05) is 17.7 Å². The number of hydrogen-bond acceptors (Lipinski definition) is 2. The number of urea groups is 1. The number of halogens is 2. The molecule has 5 nitrogen and oxygen atoms in total. The Bertz CT molecular complexity index is 538. The highest BCUT2D eigenvalue weighted by Gasteiger charge is 2.29. The molecule has 1 heterocycles. The first kappa shape index (κ1) is 14.6. The first-order valence-corrected chi connectivity index (χ1v) is 6.61. The van der Waals surface area contributed by atoms with Crippen LogP contribution in [-0.2, 0) is 11.3 Å². The molecule has 1 aromatic carbocycles. The molecule has 0 aliphatic carbocycles. The maximum absolute atomic E-state index is 13.0. The van der Waals surface area contributed by atoms with E-state index in [1.54, 1.807) is 11.0 Å². The van der Waals surface area contributed by atoms with Gasteiger partial charge in [-0.05, 0) is 24.1 Å². The molecule has 1 unspecified atom stereocenters. The summed E-state index contributed by atoms with van der Waals surface area (Å²) < 4.78 is 13.0. The van der Waals surface area contributed by atoms with Crippen molar-refractivity contribution in [3.05, 3.63) is 34.6 Å². The predicted molar refractivity (Wildman–Crippen MR) is 72.5 cm³/mol. The minimum absolute atomic E-state index is 0.0201. The lowest BCUT2D eigenvalue weighted by atomic mass is 10.1. The van der Waals surface area contributed by atoms with Gasteiger partial charge in [0.2, 0.25) is 5.91 Å². The highest BCUT2D eigenvalue weighted by atomic mass is 35.5. The number of benzene rings is 1. The van der Waals surface area contributed by atoms with Crippen LogP contribution in [0.5, 0.6) is 0 Å². The minimum atomic E-state index is -0.495. The highest BCUT2D eigenvalue weighted by molar-refractivity contribution is 6.30. The van der Waals surface area contributed by atoms with Crippen molar-refractivity contribution in [1.29, 1.82) is 0 Å². The van der Waals surface area contributed by atoms with E-state index in [-0.39, 0.29) is 29.4 Å². The molecule has 3 amide bonds. The van der Waals surface area contributed by atoms with Crippen molar-refractivity contribution in [3.63, 3.8) is 0 Å². The van der Waals surface area contributed by atoms with Crippen molar-refractivity contribution in [1.82, 2.24) is 10.2 Å². The predicted octanol–water partition coefficient (Wildman–Crippen LogP) is 1.50. The summed E-state index contributed by atoms with van der Waals surface area (Å²) in [6, 6.07) is 4.00. The van der Waals surface area contributed by atoms with Crippen LogP contribution in [0.4, 0.5) is 9.18 Å². The van der Waals surface area contributed by atoms with E-state index in [1.807, 2.05) is 0 Å². The van der Waals surface area contributed by atoms with E-state index in [4.69, 9.17) is 17.3 Å². The Balaban J connectivity index is 1.86. The van der Waals surface area contributed by atoms with Crippen LogP contribution in [0.1, 0.15) is 12.0 Å². The van der Waals surface area contributed by atoms with Crippen LogP contribution in [0.3, 0.4) is 0 Å². The molecule has 0 bridgehead atoms. The Morgan fingerprint density at radius 2 is 2.25 bits per heavy atom. The van der Waals surface area contributed by atoms with Gasteiger partial charge in [0.25, 0.3) is 0 Å². The third-order valence-electron chi connectivity index (χ3n) is 3.31. The van der Waals surface area contributed by atoms with Gasteiger partial charge in [0.05, 0.1) is 10.9 Å². The fourth-order valence-electron chi connectivity index (χ4n) is 2.12. The lowest BCUT2D eigenvalue weighted by Crippen LogP contribution is -2.39. The molecule has 0 radical (unpaired) electrons. The summed E-state index contributed by atoms with van der Waals surface area (Å²) in [6.07, 6.45) is 0.588. The number of carbonyl (C=O) groups is 2. The highest BCUT2D eigenvalue weighted by Crippen LogP contribution is 2.17. The van der Waals surface area contributed by atoms with Crippen LogP contribution in [0.25, 0.3) is 0 Å². The van der Waals surface area contributed by atoms with Crippen molar-refractivity contribution < 1.29 is 14.0 Å². The number of nitrogens with two attached hydrogens (primary N) is 1. The molecule has 1 aliphatic heterocycles. The third-order valence-corrected chi connectivity index (χ3v) is 3.60. The first-order valence-electron chi connectivity index (χ1n) is 6.23. The second-order valence-corrected chi connectivity index (χ2v) is 5.15. The first-order chi connectivity index (χ1) is 9.47. The maximum atomic E-state index is 13.0. The largest absolute Gasteiger partial charge is 0.369 e. The molecular weight excluding hydrogens is 285 g/mol. The summed E-state index contributed by atoms with van der Waals surface area (Å²) >= 11 is 5.66. The molecule has 0 saturated carbocycles. The molecule has 7 heteroatoms. The lowest BCUT2D eigenvalue weighted by Gasteiger charge is -2.17. The van der Waals surface area contributed by atoms with Gasteiger partial charge in [0.1, 0.15) is 5.82 Å². The molecule has 2 rings (SSSR count). The average Bonchev–Trinajstić information content (AvgIpc) is 2.89. The number of rotatable bonds is 3. The molecule has 0 aromatic heterocycles. The van der Waals surface area contributed by atoms with Gasteiger partial charge in [0, 0.05) is 19.6 Å². The lowest BCUT2D eigenvalue weighted by molar-refractivity contribution is -0.121. The maximum Gasteiger partial charge on any atom is 0.317 e. The SMILES string of the molecule is NC(=O)C1CCN(C(=O)NCc2ccc(F)c(Cl)c2)C1. The van der Waals surface area contributed by atoms with Gasteiger partial charge < -0.3 is 16.0 Å². The van der Waals surface area contributed by atoms with Crippen LogP contribution in [0.2, 0.25) is 5.02 Å². The van der Waals surface area contributed by atoms with E-state index in [0.29, 0.717) is 25.1 Å². The molecule has 1 aliphatic rings. The third kappa shape index (κ3) is 3.39. The molecule has 1 fully saturated rings. The van der Waals surface area contributed by atoms with E-state index in [2.05, 4.69) is 5.32 Å². The standard InChI is InChI=1S/C13H15ClFN3O2/c14-10-5-8(1-2-11(10)15)6-17-13(20)18-4-3-9(7-18)12(16)19/h1-2,5,9H,3-4,6-7H2,(H2,16,19)(H,17,20). The Morgan fingerprint density at radius 3 is 2.85 bits per heavy atom. The Kier molecular flexibility index (Phi) is 4.44. The number of primary amides is 1. The monoisotopic (exact) mass is 299 g/mol. The van der Waals surface area contributed by atoms with E-state index < -0.39 is 5.82 Å². The van der Waals surface area contributed by atoms with E-state index in [0.717, 1.165) is 0 Å². The number of nitrogens with zero attached hydrogens (tertiary/aromatic N) is 1. The van der Waals surface area contributed by atoms with Gasteiger partial charge in [-0.2, -0.15) is 0 Å². The van der Waals surface area contributed by atoms with Gasteiger partial charge in [-0.3, -0.25) is 4.79 Å². The zero-order valence-electron chi connectivity index (χ0n) is 10.7. The fraction of sp³-hybridized carbons (Fsp3) is 0.385. The van der Waals surface area contributed by atoms with Crippen molar-refractivity contribution in [2.45, 2.75) is 13.0 Å². The molecule has 0 spiro atoms. The number of amides is 3. The smallest absolute Gasteiger partial charge is 0.317 e. The van der Waals surface area contributed by atoms with Gasteiger partial charge in [-0.25, -0.2) is 9.18 Å². The molecule has 3 N–H and O–H groups in total. The number of carbonyl (C=O) groups excluding carboxylic acids is 2. The number of nitrogens with one attached hydrogen (secondary N) is 1. The zero-order chi connectivity index (χ0) is 14.7. The van der Waals surface area contributed by atoms with Gasteiger partial charge >= 0.3 is 6.03 Å². The Labute approximate surface area is 120 Å². The van der Waals surface area contributed by atoms with Gasteiger partial charge in [0.15, 0.2) is 0 Å². The van der Waals surface area contributed by atoms with Crippen molar-refractivity contribution in [2.24, 2.45) is 11.7 Å².